The molecule has 0 aliphatic carbocycles. The largest absolute Gasteiger partial charge is 0.326 e. The first-order valence-electron chi connectivity index (χ1n) is 7.15. The van der Waals surface area contributed by atoms with Gasteiger partial charge in [0.15, 0.2) is 0 Å². The van der Waals surface area contributed by atoms with E-state index in [0.29, 0.717) is 32.4 Å². The van der Waals surface area contributed by atoms with Crippen molar-refractivity contribution in [2.75, 3.05) is 18.4 Å². The van der Waals surface area contributed by atoms with Crippen LogP contribution >= 0.6 is 0 Å². The van der Waals surface area contributed by atoms with Crippen LogP contribution in [0.3, 0.4) is 0 Å². The third-order valence-electron chi connectivity index (χ3n) is 4.03. The molecule has 0 saturated carbocycles. The van der Waals surface area contributed by atoms with Crippen molar-refractivity contribution in [2.45, 2.75) is 36.6 Å². The molecule has 1 aromatic rings. The molecule has 0 aromatic heterocycles. The predicted octanol–water partition coefficient (Wildman–Crippen LogP) is 0.683. The Balaban J connectivity index is 1.93. The first-order chi connectivity index (χ1) is 9.96. The summed E-state index contributed by atoms with van der Waals surface area (Å²) in [4.78, 5) is 11.8. The van der Waals surface area contributed by atoms with Crippen LogP contribution in [0.4, 0.5) is 5.69 Å². The van der Waals surface area contributed by atoms with Crippen molar-refractivity contribution >= 4 is 21.6 Å². The maximum Gasteiger partial charge on any atom is 0.243 e. The number of nitrogens with two attached hydrogens (primary N) is 1. The molecule has 2 heterocycles. The van der Waals surface area contributed by atoms with E-state index >= 15 is 0 Å². The highest BCUT2D eigenvalue weighted by atomic mass is 32.2. The Morgan fingerprint density at radius 3 is 2.81 bits per heavy atom. The fourth-order valence-electron chi connectivity index (χ4n) is 2.83. The molecule has 2 aliphatic rings. The Hall–Kier alpha value is -1.44. The van der Waals surface area contributed by atoms with Gasteiger partial charge >= 0.3 is 0 Å². The van der Waals surface area contributed by atoms with Crippen molar-refractivity contribution in [3.05, 3.63) is 23.8 Å². The van der Waals surface area contributed by atoms with Gasteiger partial charge in [-0.1, -0.05) is 0 Å². The van der Waals surface area contributed by atoms with Crippen LogP contribution in [-0.2, 0) is 21.2 Å². The van der Waals surface area contributed by atoms with Crippen molar-refractivity contribution in [1.29, 1.82) is 0 Å². The zero-order valence-corrected chi connectivity index (χ0v) is 12.5. The van der Waals surface area contributed by atoms with Crippen LogP contribution < -0.4 is 11.1 Å². The van der Waals surface area contributed by atoms with E-state index in [1.165, 1.54) is 4.31 Å². The molecular formula is C14H19N3O3S. The number of hydrogen-bond donors (Lipinski definition) is 2. The molecule has 1 fully saturated rings. The summed E-state index contributed by atoms with van der Waals surface area (Å²) in [5.41, 5.74) is 7.39. The van der Waals surface area contributed by atoms with Crippen molar-refractivity contribution in [2.24, 2.45) is 5.73 Å². The summed E-state index contributed by atoms with van der Waals surface area (Å²) in [6.45, 7) is 0.841. The fraction of sp³-hybridized carbons (Fsp3) is 0.500. The number of nitrogens with zero attached hydrogens (tertiary/aromatic N) is 1. The number of nitrogens with one attached hydrogen (secondary N) is 1. The van der Waals surface area contributed by atoms with Crippen LogP contribution in [0.2, 0.25) is 0 Å². The highest BCUT2D eigenvalue weighted by Gasteiger charge is 2.31. The first-order valence-corrected chi connectivity index (χ1v) is 8.59. The minimum Gasteiger partial charge on any atom is -0.326 e. The van der Waals surface area contributed by atoms with Crippen molar-refractivity contribution in [1.82, 2.24) is 4.31 Å². The molecule has 1 saturated heterocycles. The van der Waals surface area contributed by atoms with E-state index in [4.69, 9.17) is 5.73 Å². The Kier molecular flexibility index (Phi) is 3.73. The standard InChI is InChI=1S/C14H19N3O3S/c15-11-6-7-17(9-11)21(19,20)12-4-5-13-10(8-12)2-1-3-14(18)16-13/h4-5,8,11H,1-3,6-7,9,15H2,(H,16,18)/t11-/m1/s1. The number of amides is 1. The summed E-state index contributed by atoms with van der Waals surface area (Å²) in [5.74, 6) is -0.0186. The first kappa shape index (κ1) is 14.5. The van der Waals surface area contributed by atoms with Crippen LogP contribution in [0.15, 0.2) is 23.1 Å². The Morgan fingerprint density at radius 1 is 1.29 bits per heavy atom. The molecule has 3 rings (SSSR count). The second kappa shape index (κ2) is 5.40. The van der Waals surface area contributed by atoms with Gasteiger partial charge in [-0.05, 0) is 43.0 Å². The molecule has 1 atom stereocenters. The lowest BCUT2D eigenvalue weighted by molar-refractivity contribution is -0.116. The maximum absolute atomic E-state index is 12.6. The normalized spacial score (nSPS) is 23.5. The molecule has 21 heavy (non-hydrogen) atoms. The zero-order chi connectivity index (χ0) is 15.0. The molecular weight excluding hydrogens is 290 g/mol. The van der Waals surface area contributed by atoms with E-state index in [9.17, 15) is 13.2 Å². The lowest BCUT2D eigenvalue weighted by atomic mass is 10.1. The van der Waals surface area contributed by atoms with Crippen LogP contribution in [0.25, 0.3) is 0 Å². The molecule has 0 spiro atoms. The van der Waals surface area contributed by atoms with Crippen LogP contribution in [0.5, 0.6) is 0 Å². The summed E-state index contributed by atoms with van der Waals surface area (Å²) in [7, 11) is -3.49. The smallest absolute Gasteiger partial charge is 0.243 e. The molecule has 2 aliphatic heterocycles. The van der Waals surface area contributed by atoms with E-state index in [2.05, 4.69) is 5.32 Å². The third-order valence-corrected chi connectivity index (χ3v) is 5.89. The van der Waals surface area contributed by atoms with E-state index < -0.39 is 10.0 Å². The minimum absolute atomic E-state index is 0.0186. The third kappa shape index (κ3) is 2.81. The van der Waals surface area contributed by atoms with Gasteiger partial charge in [0.2, 0.25) is 15.9 Å². The van der Waals surface area contributed by atoms with Crippen molar-refractivity contribution in [3.8, 4) is 0 Å². The van der Waals surface area contributed by atoms with Gasteiger partial charge in [-0.3, -0.25) is 4.79 Å². The monoisotopic (exact) mass is 309 g/mol. The molecule has 3 N–H and O–H groups in total. The molecule has 114 valence electrons. The molecule has 0 unspecified atom stereocenters. The lowest BCUT2D eigenvalue weighted by Crippen LogP contribution is -2.32. The number of sulfonamides is 1. The summed E-state index contributed by atoms with van der Waals surface area (Å²) in [6.07, 6.45) is 2.60. The molecule has 7 heteroatoms. The average Bonchev–Trinajstić information content (AvgIpc) is 2.79. The highest BCUT2D eigenvalue weighted by Crippen LogP contribution is 2.27. The van der Waals surface area contributed by atoms with Crippen LogP contribution in [-0.4, -0.2) is 37.8 Å². The number of anilines is 1. The van der Waals surface area contributed by atoms with Crippen LogP contribution in [0, 0.1) is 0 Å². The summed E-state index contributed by atoms with van der Waals surface area (Å²) in [6, 6.07) is 4.84. The summed E-state index contributed by atoms with van der Waals surface area (Å²) >= 11 is 0. The van der Waals surface area contributed by atoms with Gasteiger partial charge in [0.05, 0.1) is 4.90 Å². The number of hydrogen-bond acceptors (Lipinski definition) is 4. The van der Waals surface area contributed by atoms with E-state index in [0.717, 1.165) is 17.7 Å². The Morgan fingerprint density at radius 2 is 2.10 bits per heavy atom. The molecule has 0 bridgehead atoms. The minimum atomic E-state index is -3.49. The number of aryl methyl sites for hydroxylation is 1. The number of benzene rings is 1. The van der Waals surface area contributed by atoms with Gasteiger partial charge in [-0.2, -0.15) is 4.31 Å². The quantitative estimate of drug-likeness (QED) is 0.840. The highest BCUT2D eigenvalue weighted by molar-refractivity contribution is 7.89. The number of rotatable bonds is 2. The molecule has 0 radical (unpaired) electrons. The zero-order valence-electron chi connectivity index (χ0n) is 11.7. The molecule has 1 amide bonds. The van der Waals surface area contributed by atoms with E-state index in [1.807, 2.05) is 0 Å². The van der Waals surface area contributed by atoms with Gasteiger partial charge in [-0.15, -0.1) is 0 Å². The second-order valence-electron chi connectivity index (χ2n) is 5.63. The summed E-state index contributed by atoms with van der Waals surface area (Å²) < 4.78 is 26.6. The molecule has 1 aromatic carbocycles. The van der Waals surface area contributed by atoms with Gasteiger partial charge in [-0.25, -0.2) is 8.42 Å². The lowest BCUT2D eigenvalue weighted by Gasteiger charge is -2.17. The second-order valence-corrected chi connectivity index (χ2v) is 7.57. The Labute approximate surface area is 124 Å². The number of carbonyl (C=O) groups is 1. The van der Waals surface area contributed by atoms with E-state index in [-0.39, 0.29) is 16.8 Å². The van der Waals surface area contributed by atoms with Crippen LogP contribution in [0.1, 0.15) is 24.8 Å². The summed E-state index contributed by atoms with van der Waals surface area (Å²) in [5, 5.41) is 2.81. The number of fused-ring (bicyclic) bond motifs is 1. The predicted molar refractivity (Wildman–Crippen MR) is 79.4 cm³/mol. The Bertz CT molecular complexity index is 672. The van der Waals surface area contributed by atoms with Crippen molar-refractivity contribution < 1.29 is 13.2 Å². The SMILES string of the molecule is N[C@@H]1CCN(S(=O)(=O)c2ccc3c(c2)CCCC(=O)N3)C1. The van der Waals surface area contributed by atoms with E-state index in [1.54, 1.807) is 18.2 Å². The van der Waals surface area contributed by atoms with Gasteiger partial charge in [0.25, 0.3) is 0 Å². The topological polar surface area (TPSA) is 92.5 Å². The number of carbonyl (C=O) groups excluding carboxylic acids is 1. The molecule has 6 nitrogen and oxygen atoms in total. The van der Waals surface area contributed by atoms with Gasteiger partial charge in [0.1, 0.15) is 0 Å². The van der Waals surface area contributed by atoms with Gasteiger partial charge in [0, 0.05) is 31.2 Å². The van der Waals surface area contributed by atoms with Gasteiger partial charge < -0.3 is 11.1 Å². The van der Waals surface area contributed by atoms with Crippen molar-refractivity contribution in [3.63, 3.8) is 0 Å². The fourth-order valence-corrected chi connectivity index (χ4v) is 4.40. The average molecular weight is 309 g/mol. The maximum atomic E-state index is 12.6.